The molecule has 0 aliphatic heterocycles. The maximum absolute atomic E-state index is 6.86. The van der Waals surface area contributed by atoms with Gasteiger partial charge in [0, 0.05) is 38.6 Å². The number of hydrogen-bond acceptors (Lipinski definition) is 2. The van der Waals surface area contributed by atoms with Gasteiger partial charge in [-0.25, -0.2) is 0 Å². The van der Waals surface area contributed by atoms with Crippen LogP contribution in [0.1, 0.15) is 0 Å². The zero-order valence-corrected chi connectivity index (χ0v) is 31.1. The Labute approximate surface area is 330 Å². The SMILES string of the molecule is c1ccc(-c2ccc(N(c3ccc(-c4ccccc4)cc3)c3cc(-c4cccc5c4c4ccccc4n5-c4ccccc4)cc4c3oc3ccccc34)cc2)cc1. The number of rotatable bonds is 7. The molecule has 2 aromatic heterocycles. The third-order valence-corrected chi connectivity index (χ3v) is 11.2. The Morgan fingerprint density at radius 3 is 1.54 bits per heavy atom. The van der Waals surface area contributed by atoms with Crippen LogP contribution in [0.2, 0.25) is 0 Å². The van der Waals surface area contributed by atoms with Crippen molar-refractivity contribution >= 4 is 60.8 Å². The first-order valence-electron chi connectivity index (χ1n) is 19.4. The molecule has 268 valence electrons. The van der Waals surface area contributed by atoms with Gasteiger partial charge in [0.25, 0.3) is 0 Å². The molecule has 0 radical (unpaired) electrons. The lowest BCUT2D eigenvalue weighted by atomic mass is 9.96. The summed E-state index contributed by atoms with van der Waals surface area (Å²) in [6, 6.07) is 78.0. The molecule has 11 aromatic rings. The summed E-state index contributed by atoms with van der Waals surface area (Å²) in [7, 11) is 0. The van der Waals surface area contributed by atoms with Crippen molar-refractivity contribution in [3.8, 4) is 39.1 Å². The van der Waals surface area contributed by atoms with Gasteiger partial charge in [-0.15, -0.1) is 0 Å². The van der Waals surface area contributed by atoms with Crippen LogP contribution in [0.15, 0.2) is 223 Å². The highest BCUT2D eigenvalue weighted by molar-refractivity contribution is 6.18. The van der Waals surface area contributed by atoms with Gasteiger partial charge in [0.15, 0.2) is 5.58 Å². The van der Waals surface area contributed by atoms with Gasteiger partial charge >= 0.3 is 0 Å². The third kappa shape index (κ3) is 5.60. The minimum absolute atomic E-state index is 0.845. The molecule has 3 heteroatoms. The van der Waals surface area contributed by atoms with E-state index in [-0.39, 0.29) is 0 Å². The Balaban J connectivity index is 1.18. The van der Waals surface area contributed by atoms with Crippen LogP contribution in [0.5, 0.6) is 0 Å². The summed E-state index contributed by atoms with van der Waals surface area (Å²) in [5.74, 6) is 0. The minimum atomic E-state index is 0.845. The van der Waals surface area contributed by atoms with Crippen LogP contribution in [-0.2, 0) is 0 Å². The van der Waals surface area contributed by atoms with Crippen LogP contribution < -0.4 is 4.90 Å². The van der Waals surface area contributed by atoms with Crippen molar-refractivity contribution < 1.29 is 4.42 Å². The van der Waals surface area contributed by atoms with Gasteiger partial charge in [0.05, 0.1) is 16.7 Å². The first-order valence-corrected chi connectivity index (χ1v) is 19.4. The number of hydrogen-bond donors (Lipinski definition) is 0. The Bertz CT molecular complexity index is 3120. The van der Waals surface area contributed by atoms with Gasteiger partial charge in [0.2, 0.25) is 0 Å². The van der Waals surface area contributed by atoms with Crippen molar-refractivity contribution in [2.24, 2.45) is 0 Å². The summed E-state index contributed by atoms with van der Waals surface area (Å²) >= 11 is 0. The van der Waals surface area contributed by atoms with E-state index in [0.717, 1.165) is 50.3 Å². The van der Waals surface area contributed by atoms with Crippen LogP contribution >= 0.6 is 0 Å². The van der Waals surface area contributed by atoms with Crippen molar-refractivity contribution in [1.29, 1.82) is 0 Å². The minimum Gasteiger partial charge on any atom is -0.454 e. The zero-order chi connectivity index (χ0) is 37.7. The van der Waals surface area contributed by atoms with E-state index < -0.39 is 0 Å². The highest BCUT2D eigenvalue weighted by atomic mass is 16.3. The molecule has 0 atom stereocenters. The molecule has 3 nitrogen and oxygen atoms in total. The van der Waals surface area contributed by atoms with Crippen LogP contribution in [0, 0.1) is 0 Å². The zero-order valence-electron chi connectivity index (χ0n) is 31.1. The first kappa shape index (κ1) is 32.8. The van der Waals surface area contributed by atoms with Gasteiger partial charge in [-0.2, -0.15) is 0 Å². The average molecular weight is 729 g/mol. The Morgan fingerprint density at radius 2 is 0.895 bits per heavy atom. The van der Waals surface area contributed by atoms with E-state index in [1.54, 1.807) is 0 Å². The fourth-order valence-electron chi connectivity index (χ4n) is 8.54. The summed E-state index contributed by atoms with van der Waals surface area (Å²) in [5.41, 5.74) is 15.3. The Kier molecular flexibility index (Phi) is 7.82. The number of nitrogens with zero attached hydrogens (tertiary/aromatic N) is 2. The average Bonchev–Trinajstić information content (AvgIpc) is 3.84. The summed E-state index contributed by atoms with van der Waals surface area (Å²) < 4.78 is 9.24. The molecule has 2 heterocycles. The second-order valence-corrected chi connectivity index (χ2v) is 14.5. The van der Waals surface area contributed by atoms with Crippen LogP contribution in [0.25, 0.3) is 82.8 Å². The number of aromatic nitrogens is 1. The molecule has 57 heavy (non-hydrogen) atoms. The van der Waals surface area contributed by atoms with Gasteiger partial charge in [-0.05, 0) is 100 Å². The molecule has 11 rings (SSSR count). The van der Waals surface area contributed by atoms with E-state index in [1.807, 2.05) is 6.07 Å². The summed E-state index contributed by atoms with van der Waals surface area (Å²) in [6.45, 7) is 0. The van der Waals surface area contributed by atoms with E-state index >= 15 is 0 Å². The number of benzene rings is 9. The number of para-hydroxylation sites is 3. The first-order chi connectivity index (χ1) is 28.3. The quantitative estimate of drug-likeness (QED) is 0.163. The molecular weight excluding hydrogens is 693 g/mol. The molecule has 9 aromatic carbocycles. The van der Waals surface area contributed by atoms with Gasteiger partial charge in [-0.3, -0.25) is 0 Å². The van der Waals surface area contributed by atoms with Crippen molar-refractivity contribution in [2.45, 2.75) is 0 Å². The van der Waals surface area contributed by atoms with E-state index in [0.29, 0.717) is 0 Å². The number of furan rings is 1. The fraction of sp³-hybridized carbons (Fsp3) is 0. The van der Waals surface area contributed by atoms with Crippen LogP contribution in [0.3, 0.4) is 0 Å². The fourth-order valence-corrected chi connectivity index (χ4v) is 8.54. The van der Waals surface area contributed by atoms with Gasteiger partial charge in [0.1, 0.15) is 5.58 Å². The van der Waals surface area contributed by atoms with E-state index in [1.165, 1.54) is 49.6 Å². The second-order valence-electron chi connectivity index (χ2n) is 14.5. The Morgan fingerprint density at radius 1 is 0.368 bits per heavy atom. The predicted octanol–water partition coefficient (Wildman–Crippen LogP) is 15.2. The summed E-state index contributed by atoms with van der Waals surface area (Å²) in [6.07, 6.45) is 0. The van der Waals surface area contributed by atoms with E-state index in [2.05, 4.69) is 222 Å². The highest BCUT2D eigenvalue weighted by Crippen LogP contribution is 2.47. The molecule has 0 aliphatic rings. The molecule has 0 saturated heterocycles. The summed E-state index contributed by atoms with van der Waals surface area (Å²) in [5, 5.41) is 4.61. The molecule has 0 unspecified atom stereocenters. The topological polar surface area (TPSA) is 21.3 Å². The largest absolute Gasteiger partial charge is 0.454 e. The van der Waals surface area contributed by atoms with Crippen LogP contribution in [-0.4, -0.2) is 4.57 Å². The maximum atomic E-state index is 6.86. The molecule has 0 N–H and O–H groups in total. The van der Waals surface area contributed by atoms with Crippen molar-refractivity contribution in [1.82, 2.24) is 4.57 Å². The molecule has 0 saturated carbocycles. The molecule has 0 aliphatic carbocycles. The second kappa shape index (κ2) is 13.6. The van der Waals surface area contributed by atoms with Crippen molar-refractivity contribution in [2.75, 3.05) is 4.90 Å². The van der Waals surface area contributed by atoms with Crippen molar-refractivity contribution in [3.05, 3.63) is 218 Å². The normalized spacial score (nSPS) is 11.5. The monoisotopic (exact) mass is 728 g/mol. The van der Waals surface area contributed by atoms with E-state index in [4.69, 9.17) is 4.42 Å². The highest BCUT2D eigenvalue weighted by Gasteiger charge is 2.23. The lowest BCUT2D eigenvalue weighted by Crippen LogP contribution is -2.10. The molecule has 0 spiro atoms. The smallest absolute Gasteiger partial charge is 0.159 e. The standard InChI is InChI=1S/C54H36N2O/c1-4-15-37(16-5-1)39-27-31-43(32-28-39)55(44-33-29-40(30-34-44)38-17-6-2-7-18-38)51-36-41(35-48-46-21-11-13-26-52(46)57-54(48)51)45-23-14-25-50-53(45)47-22-10-12-24-49(47)56(50)42-19-8-3-9-20-42/h1-36H. The van der Waals surface area contributed by atoms with Gasteiger partial charge < -0.3 is 13.9 Å². The molecule has 0 fully saturated rings. The number of fused-ring (bicyclic) bond motifs is 6. The maximum Gasteiger partial charge on any atom is 0.159 e. The lowest BCUT2D eigenvalue weighted by Gasteiger charge is -2.27. The number of anilines is 3. The predicted molar refractivity (Wildman–Crippen MR) is 239 cm³/mol. The van der Waals surface area contributed by atoms with E-state index in [9.17, 15) is 0 Å². The Hall–Kier alpha value is -7.62. The third-order valence-electron chi connectivity index (χ3n) is 11.2. The molecule has 0 bridgehead atoms. The molecule has 0 amide bonds. The van der Waals surface area contributed by atoms with Crippen molar-refractivity contribution in [3.63, 3.8) is 0 Å². The van der Waals surface area contributed by atoms with Gasteiger partial charge in [-0.1, -0.05) is 152 Å². The lowest BCUT2D eigenvalue weighted by molar-refractivity contribution is 0.669. The molecular formula is C54H36N2O. The van der Waals surface area contributed by atoms with Crippen LogP contribution in [0.4, 0.5) is 17.1 Å². The summed E-state index contributed by atoms with van der Waals surface area (Å²) in [4.78, 5) is 2.35.